The van der Waals surface area contributed by atoms with Gasteiger partial charge in [0.1, 0.15) is 18.0 Å². The summed E-state index contributed by atoms with van der Waals surface area (Å²) in [4.78, 5) is 8.69. The third-order valence-electron chi connectivity index (χ3n) is 6.08. The molecule has 0 unspecified atom stereocenters. The molecule has 0 spiro atoms. The lowest BCUT2D eigenvalue weighted by Crippen LogP contribution is -2.46. The highest BCUT2D eigenvalue weighted by molar-refractivity contribution is 5.67. The lowest BCUT2D eigenvalue weighted by Gasteiger charge is -2.35. The van der Waals surface area contributed by atoms with Crippen LogP contribution in [-0.2, 0) is 0 Å². The predicted octanol–water partition coefficient (Wildman–Crippen LogP) is 2.83. The lowest BCUT2D eigenvalue weighted by atomic mass is 10.0. The SMILES string of the molecule is C[C@H](O)c1nccn1[C@@H](C#Cc1ccc(-c2ccc(N3CCN(CC#N)CC3)cc2)cc1)CO. The van der Waals surface area contributed by atoms with Gasteiger partial charge in [0.2, 0.25) is 0 Å². The molecule has 1 fully saturated rings. The van der Waals surface area contributed by atoms with Gasteiger partial charge in [-0.2, -0.15) is 5.26 Å². The summed E-state index contributed by atoms with van der Waals surface area (Å²) in [6.07, 6.45) is 2.59. The van der Waals surface area contributed by atoms with Crippen molar-refractivity contribution in [1.29, 1.82) is 5.26 Å². The van der Waals surface area contributed by atoms with E-state index < -0.39 is 12.1 Å². The Labute approximate surface area is 200 Å². The number of nitriles is 1. The van der Waals surface area contributed by atoms with Gasteiger partial charge in [0.15, 0.2) is 0 Å². The second-order valence-corrected chi connectivity index (χ2v) is 8.38. The summed E-state index contributed by atoms with van der Waals surface area (Å²) >= 11 is 0. The molecule has 0 amide bonds. The van der Waals surface area contributed by atoms with Crippen LogP contribution in [0.4, 0.5) is 5.69 Å². The number of piperazine rings is 1. The summed E-state index contributed by atoms with van der Waals surface area (Å²) in [5, 5.41) is 28.5. The maximum Gasteiger partial charge on any atom is 0.138 e. The average molecular weight is 456 g/mol. The fourth-order valence-electron chi connectivity index (χ4n) is 4.16. The highest BCUT2D eigenvalue weighted by atomic mass is 16.3. The first-order valence-corrected chi connectivity index (χ1v) is 11.5. The molecule has 0 saturated carbocycles. The Kier molecular flexibility index (Phi) is 7.61. The third-order valence-corrected chi connectivity index (χ3v) is 6.08. The molecule has 2 aromatic carbocycles. The van der Waals surface area contributed by atoms with E-state index in [1.54, 1.807) is 23.9 Å². The molecule has 1 aromatic heterocycles. The molecule has 0 radical (unpaired) electrons. The van der Waals surface area contributed by atoms with Gasteiger partial charge >= 0.3 is 0 Å². The van der Waals surface area contributed by atoms with Gasteiger partial charge in [-0.1, -0.05) is 36.1 Å². The third kappa shape index (κ3) is 5.47. The van der Waals surface area contributed by atoms with Gasteiger partial charge in [-0.3, -0.25) is 4.90 Å². The summed E-state index contributed by atoms with van der Waals surface area (Å²) in [6.45, 7) is 5.67. The van der Waals surface area contributed by atoms with Crippen LogP contribution in [0.1, 0.15) is 30.5 Å². The Morgan fingerprint density at radius 2 is 1.65 bits per heavy atom. The van der Waals surface area contributed by atoms with Crippen molar-refractivity contribution in [2.45, 2.75) is 19.1 Å². The van der Waals surface area contributed by atoms with Crippen LogP contribution in [0.15, 0.2) is 60.9 Å². The normalized spacial score (nSPS) is 15.8. The number of hydrogen-bond donors (Lipinski definition) is 2. The second-order valence-electron chi connectivity index (χ2n) is 8.38. The summed E-state index contributed by atoms with van der Waals surface area (Å²) in [6, 6.07) is 18.4. The van der Waals surface area contributed by atoms with Gasteiger partial charge in [-0.15, -0.1) is 0 Å². The molecule has 2 N–H and O–H groups in total. The molecular weight excluding hydrogens is 426 g/mol. The van der Waals surface area contributed by atoms with Crippen LogP contribution in [0.3, 0.4) is 0 Å². The van der Waals surface area contributed by atoms with E-state index in [9.17, 15) is 10.2 Å². The molecule has 34 heavy (non-hydrogen) atoms. The zero-order valence-electron chi connectivity index (χ0n) is 19.3. The molecule has 1 aliphatic heterocycles. The maximum atomic E-state index is 9.86. The molecule has 1 aliphatic rings. The highest BCUT2D eigenvalue weighted by Crippen LogP contribution is 2.24. The largest absolute Gasteiger partial charge is 0.393 e. The van der Waals surface area contributed by atoms with Crippen LogP contribution in [0, 0.1) is 23.2 Å². The molecule has 1 saturated heterocycles. The monoisotopic (exact) mass is 455 g/mol. The number of benzene rings is 2. The average Bonchev–Trinajstić information content (AvgIpc) is 3.36. The topological polar surface area (TPSA) is 88.6 Å². The first kappa shape index (κ1) is 23.5. The van der Waals surface area contributed by atoms with Crippen LogP contribution in [-0.4, -0.2) is 64.0 Å². The Bertz CT molecular complexity index is 1170. The zero-order valence-corrected chi connectivity index (χ0v) is 19.3. The van der Waals surface area contributed by atoms with E-state index in [1.165, 1.54) is 5.69 Å². The quantitative estimate of drug-likeness (QED) is 0.439. The zero-order chi connectivity index (χ0) is 23.9. The minimum atomic E-state index is -0.732. The standard InChI is InChI=1S/C27H29N5O2/c1-21(34)27-29-13-15-32(27)26(20-33)9-4-22-2-5-23(6-3-22)24-7-10-25(11-8-24)31-18-16-30(14-12-28)17-19-31/h2-3,5-8,10-11,13,15,21,26,33-34H,14,16-20H2,1H3/t21-,26-/m0/s1. The maximum absolute atomic E-state index is 9.86. The number of hydrogen-bond acceptors (Lipinski definition) is 6. The number of aliphatic hydroxyl groups is 2. The number of imidazole rings is 1. The van der Waals surface area contributed by atoms with Crippen LogP contribution in [0.2, 0.25) is 0 Å². The molecule has 7 nitrogen and oxygen atoms in total. The molecule has 3 aromatic rings. The van der Waals surface area contributed by atoms with Crippen LogP contribution < -0.4 is 4.90 Å². The van der Waals surface area contributed by atoms with Gasteiger partial charge in [-0.05, 0) is 42.3 Å². The Morgan fingerprint density at radius 1 is 1.00 bits per heavy atom. The lowest BCUT2D eigenvalue weighted by molar-refractivity contribution is 0.176. The summed E-state index contributed by atoms with van der Waals surface area (Å²) in [7, 11) is 0. The Balaban J connectivity index is 1.41. The number of rotatable bonds is 6. The molecule has 0 bridgehead atoms. The van der Waals surface area contributed by atoms with E-state index in [0.717, 1.165) is 42.9 Å². The molecule has 174 valence electrons. The van der Waals surface area contributed by atoms with E-state index in [1.807, 2.05) is 24.3 Å². The van der Waals surface area contributed by atoms with Crippen LogP contribution >= 0.6 is 0 Å². The first-order chi connectivity index (χ1) is 16.6. The molecule has 7 heteroatoms. The van der Waals surface area contributed by atoms with Crippen molar-refractivity contribution in [2.24, 2.45) is 0 Å². The first-order valence-electron chi connectivity index (χ1n) is 11.5. The minimum Gasteiger partial charge on any atom is -0.393 e. The van der Waals surface area contributed by atoms with Crippen molar-refractivity contribution in [2.75, 3.05) is 44.2 Å². The fourth-order valence-corrected chi connectivity index (χ4v) is 4.16. The molecule has 2 heterocycles. The van der Waals surface area contributed by atoms with Crippen molar-refractivity contribution < 1.29 is 10.2 Å². The summed E-state index contributed by atoms with van der Waals surface area (Å²) < 4.78 is 1.71. The van der Waals surface area contributed by atoms with Crippen molar-refractivity contribution in [3.05, 3.63) is 72.3 Å². The molecule has 2 atom stereocenters. The van der Waals surface area contributed by atoms with E-state index in [4.69, 9.17) is 5.26 Å². The molecule has 4 rings (SSSR count). The fraction of sp³-hybridized carbons (Fsp3) is 0.333. The second kappa shape index (κ2) is 11.0. The smallest absolute Gasteiger partial charge is 0.138 e. The number of aliphatic hydroxyl groups excluding tert-OH is 2. The van der Waals surface area contributed by atoms with Gasteiger partial charge in [0, 0.05) is 49.8 Å². The summed E-state index contributed by atoms with van der Waals surface area (Å²) in [5.74, 6) is 6.69. The van der Waals surface area contributed by atoms with Gasteiger partial charge in [0.05, 0.1) is 19.2 Å². The predicted molar refractivity (Wildman–Crippen MR) is 132 cm³/mol. The number of nitrogens with zero attached hydrogens (tertiary/aromatic N) is 5. The summed E-state index contributed by atoms with van der Waals surface area (Å²) in [5.41, 5.74) is 4.31. The van der Waals surface area contributed by atoms with Gasteiger partial charge in [0.25, 0.3) is 0 Å². The molecule has 0 aliphatic carbocycles. The van der Waals surface area contributed by atoms with E-state index in [-0.39, 0.29) is 6.61 Å². The van der Waals surface area contributed by atoms with E-state index in [2.05, 4.69) is 57.0 Å². The minimum absolute atomic E-state index is 0.166. The van der Waals surface area contributed by atoms with Crippen molar-refractivity contribution >= 4 is 5.69 Å². The van der Waals surface area contributed by atoms with E-state index in [0.29, 0.717) is 12.4 Å². The molecular formula is C27H29N5O2. The highest BCUT2D eigenvalue weighted by Gasteiger charge is 2.17. The number of anilines is 1. The Hall–Kier alpha value is -3.62. The van der Waals surface area contributed by atoms with Crippen LogP contribution in [0.25, 0.3) is 11.1 Å². The van der Waals surface area contributed by atoms with Crippen molar-refractivity contribution in [3.8, 4) is 29.0 Å². The van der Waals surface area contributed by atoms with Crippen LogP contribution in [0.5, 0.6) is 0 Å². The van der Waals surface area contributed by atoms with Crippen molar-refractivity contribution in [1.82, 2.24) is 14.5 Å². The Morgan fingerprint density at radius 3 is 2.24 bits per heavy atom. The van der Waals surface area contributed by atoms with Gasteiger partial charge in [-0.25, -0.2) is 4.98 Å². The van der Waals surface area contributed by atoms with E-state index >= 15 is 0 Å². The number of aromatic nitrogens is 2. The van der Waals surface area contributed by atoms with Gasteiger partial charge < -0.3 is 19.7 Å². The van der Waals surface area contributed by atoms with Crippen molar-refractivity contribution in [3.63, 3.8) is 0 Å².